The largest absolute Gasteiger partial charge is 0.497 e. The highest BCUT2D eigenvalue weighted by atomic mass is 16.7. The third-order valence-corrected chi connectivity index (χ3v) is 4.43. The zero-order valence-electron chi connectivity index (χ0n) is 15.6. The average molecular weight is 395 g/mol. The van der Waals surface area contributed by atoms with E-state index >= 15 is 0 Å². The maximum atomic E-state index is 12.4. The van der Waals surface area contributed by atoms with Gasteiger partial charge in [0.2, 0.25) is 12.7 Å². The normalized spacial score (nSPS) is 12.8. The molecule has 3 aromatic rings. The van der Waals surface area contributed by atoms with Crippen molar-refractivity contribution in [2.75, 3.05) is 13.9 Å². The smallest absolute Gasteiger partial charge is 0.335 e. The van der Waals surface area contributed by atoms with Gasteiger partial charge < -0.3 is 19.3 Å². The second kappa shape index (κ2) is 7.19. The van der Waals surface area contributed by atoms with Gasteiger partial charge in [-0.25, -0.2) is 9.36 Å². The molecule has 29 heavy (non-hydrogen) atoms. The van der Waals surface area contributed by atoms with E-state index in [0.717, 1.165) is 4.57 Å². The van der Waals surface area contributed by atoms with Gasteiger partial charge in [-0.1, -0.05) is 0 Å². The Labute approximate surface area is 164 Å². The number of nitrogens with one attached hydrogen (secondary N) is 1. The van der Waals surface area contributed by atoms with Crippen molar-refractivity contribution in [2.24, 2.45) is 4.99 Å². The molecule has 2 aromatic carbocycles. The summed E-state index contributed by atoms with van der Waals surface area (Å²) < 4.78 is 16.7. The minimum absolute atomic E-state index is 0.113. The predicted octanol–water partition coefficient (Wildman–Crippen LogP) is 2.11. The number of rotatable bonds is 4. The van der Waals surface area contributed by atoms with E-state index in [0.29, 0.717) is 28.6 Å². The highest BCUT2D eigenvalue weighted by Crippen LogP contribution is 2.35. The van der Waals surface area contributed by atoms with Gasteiger partial charge in [0.15, 0.2) is 11.5 Å². The number of aromatic hydroxyl groups is 1. The molecule has 1 aromatic heterocycles. The lowest BCUT2D eigenvalue weighted by Gasteiger charge is -2.12. The van der Waals surface area contributed by atoms with E-state index in [-0.39, 0.29) is 18.1 Å². The fourth-order valence-corrected chi connectivity index (χ4v) is 3.03. The van der Waals surface area contributed by atoms with E-state index in [9.17, 15) is 14.7 Å². The van der Waals surface area contributed by atoms with E-state index in [4.69, 9.17) is 14.2 Å². The Morgan fingerprint density at radius 3 is 2.59 bits per heavy atom. The molecule has 4 rings (SSSR count). The number of benzene rings is 2. The van der Waals surface area contributed by atoms with Crippen LogP contribution < -0.4 is 25.5 Å². The van der Waals surface area contributed by atoms with Crippen molar-refractivity contribution in [1.82, 2.24) is 9.55 Å². The summed E-state index contributed by atoms with van der Waals surface area (Å²) in [5, 5.41) is 10.7. The van der Waals surface area contributed by atoms with Gasteiger partial charge in [-0.2, -0.15) is 0 Å². The highest BCUT2D eigenvalue weighted by molar-refractivity contribution is 6.01. The molecule has 0 radical (unpaired) electrons. The van der Waals surface area contributed by atoms with Gasteiger partial charge in [0.1, 0.15) is 11.3 Å². The van der Waals surface area contributed by atoms with Crippen molar-refractivity contribution in [1.29, 1.82) is 0 Å². The Kier molecular flexibility index (Phi) is 4.55. The summed E-state index contributed by atoms with van der Waals surface area (Å²) in [6.45, 7) is 1.70. The molecule has 0 aliphatic carbocycles. The molecule has 0 fully saturated rings. The monoisotopic (exact) mass is 395 g/mol. The standard InChI is InChI=1S/C20H17N3O6/c1-11(21-12-3-8-15-16(9-12)29-10-28-15)17-18(24)22-20(26)23(19(17)25)13-4-6-14(27-2)7-5-13/h3-9,25H,10H2,1-2H3,(H,22,24,26). The lowest BCUT2D eigenvalue weighted by molar-refractivity contribution is 0.174. The number of methoxy groups -OCH3 is 1. The maximum Gasteiger partial charge on any atom is 0.335 e. The molecule has 1 aliphatic rings. The Balaban J connectivity index is 1.81. The first-order valence-corrected chi connectivity index (χ1v) is 8.66. The lowest BCUT2D eigenvalue weighted by atomic mass is 10.2. The van der Waals surface area contributed by atoms with Crippen molar-refractivity contribution < 1.29 is 19.3 Å². The SMILES string of the molecule is COc1ccc(-n2c(O)c(C(C)=Nc3ccc4c(c3)OCO4)c(=O)[nH]c2=O)cc1. The summed E-state index contributed by atoms with van der Waals surface area (Å²) in [5.41, 5.74) is -0.519. The van der Waals surface area contributed by atoms with Crippen molar-refractivity contribution >= 4 is 11.4 Å². The third-order valence-electron chi connectivity index (χ3n) is 4.43. The molecular weight excluding hydrogens is 378 g/mol. The lowest BCUT2D eigenvalue weighted by Crippen LogP contribution is -2.32. The number of aliphatic imine (C=N–C) groups is 1. The zero-order chi connectivity index (χ0) is 20.5. The van der Waals surface area contributed by atoms with Gasteiger partial charge >= 0.3 is 5.69 Å². The van der Waals surface area contributed by atoms with Crippen molar-refractivity contribution in [3.8, 4) is 28.8 Å². The van der Waals surface area contributed by atoms with Crippen molar-refractivity contribution in [3.05, 3.63) is 68.9 Å². The van der Waals surface area contributed by atoms with Crippen LogP contribution in [0.1, 0.15) is 12.5 Å². The first-order valence-electron chi connectivity index (χ1n) is 8.66. The quantitative estimate of drug-likeness (QED) is 0.654. The third kappa shape index (κ3) is 3.33. The maximum absolute atomic E-state index is 12.4. The van der Waals surface area contributed by atoms with Crippen molar-refractivity contribution in [2.45, 2.75) is 6.92 Å². The molecule has 148 valence electrons. The Bertz CT molecular complexity index is 1220. The average Bonchev–Trinajstić information content (AvgIpc) is 3.16. The van der Waals surface area contributed by atoms with Gasteiger partial charge in [-0.15, -0.1) is 0 Å². The van der Waals surface area contributed by atoms with Gasteiger partial charge in [-0.05, 0) is 43.3 Å². The van der Waals surface area contributed by atoms with Crippen LogP contribution in [0.3, 0.4) is 0 Å². The number of aromatic amines is 1. The number of H-pyrrole nitrogens is 1. The van der Waals surface area contributed by atoms with Crippen LogP contribution in [0.4, 0.5) is 5.69 Å². The summed E-state index contributed by atoms with van der Waals surface area (Å²) in [4.78, 5) is 31.3. The fourth-order valence-electron chi connectivity index (χ4n) is 3.03. The van der Waals surface area contributed by atoms with E-state index in [1.807, 2.05) is 0 Å². The minimum atomic E-state index is -0.766. The number of hydrogen-bond donors (Lipinski definition) is 2. The van der Waals surface area contributed by atoms with Crippen LogP contribution in [0.5, 0.6) is 23.1 Å². The molecule has 0 atom stereocenters. The molecule has 0 saturated carbocycles. The summed E-state index contributed by atoms with van der Waals surface area (Å²) in [6, 6.07) is 11.5. The van der Waals surface area contributed by atoms with Crippen LogP contribution >= 0.6 is 0 Å². The topological polar surface area (TPSA) is 115 Å². The van der Waals surface area contributed by atoms with Gasteiger partial charge in [0.05, 0.1) is 24.2 Å². The van der Waals surface area contributed by atoms with Crippen LogP contribution in [0.2, 0.25) is 0 Å². The molecular formula is C20H17N3O6. The molecule has 2 N–H and O–H groups in total. The number of nitrogens with zero attached hydrogens (tertiary/aromatic N) is 2. The van der Waals surface area contributed by atoms with Gasteiger partial charge in [0.25, 0.3) is 5.56 Å². The van der Waals surface area contributed by atoms with Crippen molar-refractivity contribution in [3.63, 3.8) is 0 Å². The summed E-state index contributed by atoms with van der Waals surface area (Å²) in [7, 11) is 1.52. The number of aromatic nitrogens is 2. The Morgan fingerprint density at radius 2 is 1.86 bits per heavy atom. The number of fused-ring (bicyclic) bond motifs is 1. The predicted molar refractivity (Wildman–Crippen MR) is 105 cm³/mol. The molecule has 9 nitrogen and oxygen atoms in total. The molecule has 0 amide bonds. The van der Waals surface area contributed by atoms with E-state index in [1.54, 1.807) is 49.4 Å². The molecule has 0 saturated heterocycles. The zero-order valence-corrected chi connectivity index (χ0v) is 15.6. The minimum Gasteiger partial charge on any atom is -0.497 e. The fraction of sp³-hybridized carbons (Fsp3) is 0.150. The Morgan fingerprint density at radius 1 is 1.14 bits per heavy atom. The molecule has 2 heterocycles. The summed E-state index contributed by atoms with van der Waals surface area (Å²) >= 11 is 0. The Hall–Kier alpha value is -4.01. The van der Waals surface area contributed by atoms with E-state index in [1.165, 1.54) is 7.11 Å². The van der Waals surface area contributed by atoms with Gasteiger partial charge in [-0.3, -0.25) is 14.8 Å². The summed E-state index contributed by atoms with van der Waals surface area (Å²) in [5.74, 6) is 1.23. The molecule has 0 unspecified atom stereocenters. The first-order chi connectivity index (χ1) is 14.0. The second-order valence-corrected chi connectivity index (χ2v) is 6.23. The van der Waals surface area contributed by atoms with Crippen LogP contribution in [0.15, 0.2) is 57.0 Å². The highest BCUT2D eigenvalue weighted by Gasteiger charge is 2.19. The van der Waals surface area contributed by atoms with Gasteiger partial charge in [0, 0.05) is 6.07 Å². The van der Waals surface area contributed by atoms with E-state index < -0.39 is 17.1 Å². The molecule has 0 bridgehead atoms. The molecule has 1 aliphatic heterocycles. The van der Waals surface area contributed by atoms with Crippen LogP contribution in [-0.2, 0) is 0 Å². The number of ether oxygens (including phenoxy) is 3. The summed E-state index contributed by atoms with van der Waals surface area (Å²) in [6.07, 6.45) is 0. The molecule has 9 heteroatoms. The second-order valence-electron chi connectivity index (χ2n) is 6.23. The van der Waals surface area contributed by atoms with Crippen LogP contribution in [0.25, 0.3) is 5.69 Å². The van der Waals surface area contributed by atoms with Crippen LogP contribution in [0, 0.1) is 0 Å². The first kappa shape index (κ1) is 18.4. The number of hydrogen-bond acceptors (Lipinski definition) is 7. The molecule has 0 spiro atoms. The van der Waals surface area contributed by atoms with Crippen LogP contribution in [-0.4, -0.2) is 34.3 Å². The van der Waals surface area contributed by atoms with E-state index in [2.05, 4.69) is 9.98 Å².